The number of benzene rings is 2. The predicted octanol–water partition coefficient (Wildman–Crippen LogP) is 4.10. The van der Waals surface area contributed by atoms with Gasteiger partial charge in [0.05, 0.1) is 12.1 Å². The summed E-state index contributed by atoms with van der Waals surface area (Å²) in [7, 11) is 0. The highest BCUT2D eigenvalue weighted by molar-refractivity contribution is 5.73. The number of aliphatic hydroxyl groups excluding tert-OH is 1. The first kappa shape index (κ1) is 24.0. The lowest BCUT2D eigenvalue weighted by atomic mass is 9.85. The van der Waals surface area contributed by atoms with Gasteiger partial charge < -0.3 is 15.7 Å². The molecule has 0 spiro atoms. The summed E-state index contributed by atoms with van der Waals surface area (Å²) >= 11 is 0. The third kappa shape index (κ3) is 6.04. The Balaban J connectivity index is 1.48. The molecule has 0 bridgehead atoms. The maximum atomic E-state index is 13.6. The van der Waals surface area contributed by atoms with Crippen LogP contribution in [-0.4, -0.2) is 34.7 Å². The average molecular weight is 466 g/mol. The first-order valence-electron chi connectivity index (χ1n) is 11.6. The normalized spacial score (nSPS) is 17.0. The molecule has 0 saturated heterocycles. The van der Waals surface area contributed by atoms with Crippen molar-refractivity contribution >= 4 is 5.91 Å². The molecule has 5 nitrogen and oxygen atoms in total. The van der Waals surface area contributed by atoms with E-state index in [4.69, 9.17) is 0 Å². The Hall–Kier alpha value is -3.16. The lowest BCUT2D eigenvalue weighted by Crippen LogP contribution is -2.48. The molecule has 0 radical (unpaired) electrons. The van der Waals surface area contributed by atoms with E-state index in [1.165, 1.54) is 30.2 Å². The summed E-state index contributed by atoms with van der Waals surface area (Å²) in [6.45, 7) is 1.59. The van der Waals surface area contributed by atoms with Crippen LogP contribution >= 0.6 is 0 Å². The second-order valence-electron chi connectivity index (χ2n) is 8.86. The van der Waals surface area contributed by atoms with Gasteiger partial charge in [-0.2, -0.15) is 0 Å². The van der Waals surface area contributed by atoms with Crippen molar-refractivity contribution in [2.24, 2.45) is 0 Å². The van der Waals surface area contributed by atoms with E-state index in [9.17, 15) is 18.7 Å². The van der Waals surface area contributed by atoms with Crippen LogP contribution in [0.15, 0.2) is 60.9 Å². The van der Waals surface area contributed by atoms with E-state index in [0.29, 0.717) is 5.56 Å². The summed E-state index contributed by atoms with van der Waals surface area (Å²) in [5.74, 6) is -1.69. The number of amides is 1. The van der Waals surface area contributed by atoms with E-state index >= 15 is 0 Å². The Morgan fingerprint density at radius 1 is 1.09 bits per heavy atom. The van der Waals surface area contributed by atoms with Gasteiger partial charge in [0.1, 0.15) is 11.6 Å². The number of nitrogens with zero attached hydrogens (tertiary/aromatic N) is 1. The maximum absolute atomic E-state index is 13.6. The highest BCUT2D eigenvalue weighted by Gasteiger charge is 2.25. The molecular formula is C27H29F2N3O2. The quantitative estimate of drug-likeness (QED) is 0.468. The predicted molar refractivity (Wildman–Crippen MR) is 127 cm³/mol. The Morgan fingerprint density at radius 3 is 2.53 bits per heavy atom. The van der Waals surface area contributed by atoms with Crippen LogP contribution in [0.25, 0.3) is 11.1 Å². The van der Waals surface area contributed by atoms with Gasteiger partial charge in [-0.25, -0.2) is 8.78 Å². The largest absolute Gasteiger partial charge is 0.390 e. The zero-order chi connectivity index (χ0) is 24.1. The molecule has 4 rings (SSSR count). The molecule has 0 fully saturated rings. The summed E-state index contributed by atoms with van der Waals surface area (Å²) in [4.78, 5) is 15.8. The molecular weight excluding hydrogens is 436 g/mol. The molecule has 1 aromatic heterocycles. The zero-order valence-corrected chi connectivity index (χ0v) is 19.1. The van der Waals surface area contributed by atoms with Gasteiger partial charge in [0.2, 0.25) is 5.91 Å². The number of rotatable bonds is 8. The second kappa shape index (κ2) is 10.8. The monoisotopic (exact) mass is 465 g/mol. The Morgan fingerprint density at radius 2 is 1.82 bits per heavy atom. The van der Waals surface area contributed by atoms with Gasteiger partial charge in [-0.15, -0.1) is 0 Å². The van der Waals surface area contributed by atoms with Crippen molar-refractivity contribution in [2.45, 2.75) is 50.8 Å². The number of aromatic nitrogens is 1. The number of aryl methyl sites for hydroxylation is 1. The summed E-state index contributed by atoms with van der Waals surface area (Å²) in [6.07, 6.45) is 5.69. The van der Waals surface area contributed by atoms with Crippen molar-refractivity contribution in [3.05, 3.63) is 89.2 Å². The Labute approximate surface area is 198 Å². The number of pyridine rings is 1. The van der Waals surface area contributed by atoms with E-state index < -0.39 is 23.8 Å². The Kier molecular flexibility index (Phi) is 7.65. The van der Waals surface area contributed by atoms with Gasteiger partial charge in [0.25, 0.3) is 0 Å². The minimum absolute atomic E-state index is 0.0600. The van der Waals surface area contributed by atoms with Crippen molar-refractivity contribution in [2.75, 3.05) is 6.54 Å². The SMILES string of the molecule is CC(=O)N[C@@H](Cc1cc(F)cc(F)c1)[C@H](O)CNC1CCCc2ccc(-c3ccncc3)cc21. The van der Waals surface area contributed by atoms with Gasteiger partial charge in [0.15, 0.2) is 0 Å². The lowest BCUT2D eigenvalue weighted by Gasteiger charge is -2.30. The zero-order valence-electron chi connectivity index (χ0n) is 19.1. The molecule has 2 aromatic carbocycles. The smallest absolute Gasteiger partial charge is 0.217 e. The van der Waals surface area contributed by atoms with E-state index in [0.717, 1.165) is 36.5 Å². The second-order valence-corrected chi connectivity index (χ2v) is 8.86. The summed E-state index contributed by atoms with van der Waals surface area (Å²) in [6, 6.07) is 13.0. The van der Waals surface area contributed by atoms with Crippen LogP contribution in [0.2, 0.25) is 0 Å². The molecule has 1 aliphatic carbocycles. The van der Waals surface area contributed by atoms with Crippen molar-refractivity contribution in [1.82, 2.24) is 15.6 Å². The van der Waals surface area contributed by atoms with Crippen LogP contribution in [0.3, 0.4) is 0 Å². The highest BCUT2D eigenvalue weighted by Crippen LogP contribution is 2.33. The van der Waals surface area contributed by atoms with Crippen molar-refractivity contribution in [3.63, 3.8) is 0 Å². The first-order chi connectivity index (χ1) is 16.4. The molecule has 3 atom stereocenters. The molecule has 1 heterocycles. The maximum Gasteiger partial charge on any atom is 0.217 e. The molecule has 178 valence electrons. The summed E-state index contributed by atoms with van der Waals surface area (Å²) < 4.78 is 27.2. The van der Waals surface area contributed by atoms with E-state index in [1.54, 1.807) is 12.4 Å². The van der Waals surface area contributed by atoms with Crippen LogP contribution in [-0.2, 0) is 17.6 Å². The minimum atomic E-state index is -0.941. The summed E-state index contributed by atoms with van der Waals surface area (Å²) in [5, 5.41) is 17.1. The van der Waals surface area contributed by atoms with Crippen LogP contribution in [0.1, 0.15) is 42.5 Å². The number of nitrogens with one attached hydrogen (secondary N) is 2. The number of carbonyl (C=O) groups is 1. The van der Waals surface area contributed by atoms with E-state index in [1.807, 2.05) is 12.1 Å². The van der Waals surface area contributed by atoms with Crippen LogP contribution in [0.5, 0.6) is 0 Å². The average Bonchev–Trinajstić information content (AvgIpc) is 2.81. The van der Waals surface area contributed by atoms with Gasteiger partial charge in [-0.1, -0.05) is 12.1 Å². The molecule has 0 aliphatic heterocycles. The fourth-order valence-corrected chi connectivity index (χ4v) is 4.67. The topological polar surface area (TPSA) is 74.2 Å². The molecule has 1 unspecified atom stereocenters. The van der Waals surface area contributed by atoms with Crippen molar-refractivity contribution in [1.29, 1.82) is 0 Å². The third-order valence-corrected chi connectivity index (χ3v) is 6.28. The summed E-state index contributed by atoms with van der Waals surface area (Å²) in [5.41, 5.74) is 5.07. The van der Waals surface area contributed by atoms with Gasteiger partial charge in [-0.05, 0) is 83.8 Å². The van der Waals surface area contributed by atoms with Crippen molar-refractivity contribution in [3.8, 4) is 11.1 Å². The third-order valence-electron chi connectivity index (χ3n) is 6.28. The molecule has 3 aromatic rings. The number of hydrogen-bond acceptors (Lipinski definition) is 4. The number of halogens is 2. The van der Waals surface area contributed by atoms with E-state index in [2.05, 4.69) is 33.8 Å². The number of carbonyl (C=O) groups excluding carboxylic acids is 1. The molecule has 0 saturated carbocycles. The first-order valence-corrected chi connectivity index (χ1v) is 11.6. The number of aliphatic hydroxyl groups is 1. The van der Waals surface area contributed by atoms with Crippen LogP contribution < -0.4 is 10.6 Å². The van der Waals surface area contributed by atoms with Gasteiger partial charge >= 0.3 is 0 Å². The molecule has 1 aliphatic rings. The number of fused-ring (bicyclic) bond motifs is 1. The van der Waals surface area contributed by atoms with Gasteiger partial charge in [-0.3, -0.25) is 9.78 Å². The van der Waals surface area contributed by atoms with Crippen LogP contribution in [0, 0.1) is 11.6 Å². The lowest BCUT2D eigenvalue weighted by molar-refractivity contribution is -0.120. The fourth-order valence-electron chi connectivity index (χ4n) is 4.67. The molecule has 3 N–H and O–H groups in total. The Bertz CT molecular complexity index is 1120. The van der Waals surface area contributed by atoms with Crippen LogP contribution in [0.4, 0.5) is 8.78 Å². The fraction of sp³-hybridized carbons (Fsp3) is 0.333. The highest BCUT2D eigenvalue weighted by atomic mass is 19.1. The minimum Gasteiger partial charge on any atom is -0.390 e. The molecule has 7 heteroatoms. The molecule has 34 heavy (non-hydrogen) atoms. The van der Waals surface area contributed by atoms with E-state index in [-0.39, 0.29) is 24.9 Å². The van der Waals surface area contributed by atoms with Gasteiger partial charge in [0, 0.05) is 38.0 Å². The van der Waals surface area contributed by atoms with Crippen molar-refractivity contribution < 1.29 is 18.7 Å². The standard InChI is InChI=1S/C27H29F2N3O2/c1-17(33)32-26(13-18-11-22(28)15-23(29)12-18)27(34)16-31-25-4-2-3-20-5-6-21(14-24(20)25)19-7-9-30-10-8-19/h5-12,14-15,25-27,31,34H,2-4,13,16H2,1H3,(H,32,33)/t25?,26-,27+/m0/s1. The number of hydrogen-bond donors (Lipinski definition) is 3. The molecule has 1 amide bonds.